The van der Waals surface area contributed by atoms with Crippen molar-refractivity contribution in [3.63, 3.8) is 0 Å². The van der Waals surface area contributed by atoms with Crippen LogP contribution in [-0.4, -0.2) is 46.1 Å². The van der Waals surface area contributed by atoms with Crippen molar-refractivity contribution in [1.82, 2.24) is 20.1 Å². The predicted octanol–water partition coefficient (Wildman–Crippen LogP) is 2.79. The average molecular weight is 441 g/mol. The average Bonchev–Trinajstić information content (AvgIpc) is 3.20. The van der Waals surface area contributed by atoms with Gasteiger partial charge in [0.15, 0.2) is 11.0 Å². The molecule has 0 saturated heterocycles. The molecule has 1 heterocycles. The third-order valence-electron chi connectivity index (χ3n) is 4.31. The summed E-state index contributed by atoms with van der Waals surface area (Å²) in [6.07, 6.45) is 0.280. The fraction of sp³-hybridized carbons (Fsp3) is 0.273. The number of carbonyl (C=O) groups excluding carboxylic acids is 2. The van der Waals surface area contributed by atoms with Crippen molar-refractivity contribution in [3.05, 3.63) is 66.0 Å². The molecule has 0 unspecified atom stereocenters. The Bertz CT molecular complexity index is 1010. The van der Waals surface area contributed by atoms with Gasteiger partial charge in [-0.25, -0.2) is 0 Å². The Labute approximate surface area is 185 Å². The van der Waals surface area contributed by atoms with Crippen LogP contribution in [0.1, 0.15) is 18.3 Å². The number of thioether (sulfide) groups is 1. The quantitative estimate of drug-likeness (QED) is 0.383. The smallest absolute Gasteiger partial charge is 0.316 e. The van der Waals surface area contributed by atoms with E-state index in [1.54, 1.807) is 14.0 Å². The summed E-state index contributed by atoms with van der Waals surface area (Å²) in [6.45, 7) is 2.28. The van der Waals surface area contributed by atoms with Gasteiger partial charge in [-0.2, -0.15) is 0 Å². The third kappa shape index (κ3) is 6.32. The van der Waals surface area contributed by atoms with Gasteiger partial charge in [-0.15, -0.1) is 10.2 Å². The Balaban J connectivity index is 1.76. The lowest BCUT2D eigenvalue weighted by Gasteiger charge is -2.11. The molecule has 0 aliphatic rings. The molecule has 0 saturated carbocycles. The van der Waals surface area contributed by atoms with Crippen molar-refractivity contribution in [2.24, 2.45) is 0 Å². The second-order valence-electron chi connectivity index (χ2n) is 6.47. The molecule has 162 valence electrons. The molecule has 3 rings (SSSR count). The summed E-state index contributed by atoms with van der Waals surface area (Å²) in [5.41, 5.74) is 1.73. The molecule has 0 spiro atoms. The normalized spacial score (nSPS) is 10.5. The van der Waals surface area contributed by atoms with Crippen molar-refractivity contribution in [1.29, 1.82) is 0 Å². The fourth-order valence-corrected chi connectivity index (χ4v) is 3.62. The summed E-state index contributed by atoms with van der Waals surface area (Å²) in [6, 6.07) is 16.9. The molecule has 31 heavy (non-hydrogen) atoms. The first-order valence-electron chi connectivity index (χ1n) is 9.78. The van der Waals surface area contributed by atoms with E-state index in [4.69, 9.17) is 9.47 Å². The van der Waals surface area contributed by atoms with Crippen molar-refractivity contribution >= 4 is 23.6 Å². The molecular weight excluding hydrogens is 416 g/mol. The van der Waals surface area contributed by atoms with Crippen LogP contribution >= 0.6 is 11.8 Å². The zero-order valence-corrected chi connectivity index (χ0v) is 18.2. The van der Waals surface area contributed by atoms with E-state index in [1.165, 1.54) is 11.8 Å². The Morgan fingerprint density at radius 1 is 1.06 bits per heavy atom. The lowest BCUT2D eigenvalue weighted by atomic mass is 10.1. The van der Waals surface area contributed by atoms with Crippen LogP contribution in [0, 0.1) is 0 Å². The van der Waals surface area contributed by atoms with Crippen LogP contribution in [0.5, 0.6) is 5.75 Å². The van der Waals surface area contributed by atoms with Crippen LogP contribution in [0.4, 0.5) is 0 Å². The number of carbonyl (C=O) groups is 2. The summed E-state index contributed by atoms with van der Waals surface area (Å²) >= 11 is 1.23. The number of rotatable bonds is 10. The lowest BCUT2D eigenvalue weighted by molar-refractivity contribution is -0.139. The molecule has 1 N–H and O–H groups in total. The zero-order chi connectivity index (χ0) is 22.1. The highest BCUT2D eigenvalue weighted by Gasteiger charge is 2.17. The predicted molar refractivity (Wildman–Crippen MR) is 117 cm³/mol. The number of amides is 1. The van der Waals surface area contributed by atoms with Gasteiger partial charge < -0.3 is 14.8 Å². The number of methoxy groups -OCH3 is 1. The molecule has 3 aromatic rings. The first-order valence-corrected chi connectivity index (χ1v) is 10.8. The highest BCUT2D eigenvalue weighted by molar-refractivity contribution is 7.99. The highest BCUT2D eigenvalue weighted by Crippen LogP contribution is 2.24. The second-order valence-corrected chi connectivity index (χ2v) is 7.41. The number of hydrogen-bond donors (Lipinski definition) is 1. The first kappa shape index (κ1) is 22.4. The van der Waals surface area contributed by atoms with Crippen molar-refractivity contribution in [2.75, 3.05) is 19.5 Å². The maximum atomic E-state index is 12.4. The fourth-order valence-electron chi connectivity index (χ4n) is 2.85. The second kappa shape index (κ2) is 11.2. The summed E-state index contributed by atoms with van der Waals surface area (Å²) in [4.78, 5) is 24.1. The van der Waals surface area contributed by atoms with Crippen LogP contribution in [0.15, 0.2) is 59.8 Å². The van der Waals surface area contributed by atoms with Gasteiger partial charge >= 0.3 is 5.97 Å². The van der Waals surface area contributed by atoms with Gasteiger partial charge in [0.2, 0.25) is 5.91 Å². The molecule has 0 bridgehead atoms. The van der Waals surface area contributed by atoms with Crippen LogP contribution in [0.3, 0.4) is 0 Å². The maximum Gasteiger partial charge on any atom is 0.316 e. The summed E-state index contributed by atoms with van der Waals surface area (Å²) in [5, 5.41) is 11.9. The standard InChI is InChI=1S/C22H24N4O4S/c1-3-30-21(28)15-31-22-25-24-19(26(22)17-9-11-18(29-2)12-10-17)14-23-20(27)13-16-7-5-4-6-8-16/h4-12H,3,13-15H2,1-2H3,(H,23,27). The van der Waals surface area contributed by atoms with Crippen LogP contribution in [-0.2, 0) is 27.3 Å². The number of esters is 1. The Hall–Kier alpha value is -3.33. The molecule has 1 aromatic heterocycles. The van der Waals surface area contributed by atoms with E-state index in [-0.39, 0.29) is 30.6 Å². The van der Waals surface area contributed by atoms with E-state index in [0.29, 0.717) is 17.6 Å². The number of benzene rings is 2. The van der Waals surface area contributed by atoms with Gasteiger partial charge in [-0.3, -0.25) is 14.2 Å². The summed E-state index contributed by atoms with van der Waals surface area (Å²) in [5.74, 6) is 0.946. The zero-order valence-electron chi connectivity index (χ0n) is 17.4. The largest absolute Gasteiger partial charge is 0.497 e. The van der Waals surface area contributed by atoms with Crippen molar-refractivity contribution in [3.8, 4) is 11.4 Å². The molecule has 0 radical (unpaired) electrons. The number of nitrogens with zero attached hydrogens (tertiary/aromatic N) is 3. The molecule has 0 aliphatic heterocycles. The minimum Gasteiger partial charge on any atom is -0.497 e. The van der Waals surface area contributed by atoms with Gasteiger partial charge in [0.05, 0.1) is 32.4 Å². The van der Waals surface area contributed by atoms with Gasteiger partial charge in [-0.1, -0.05) is 42.1 Å². The SMILES string of the molecule is CCOC(=O)CSc1nnc(CNC(=O)Cc2ccccc2)n1-c1ccc(OC)cc1. The highest BCUT2D eigenvalue weighted by atomic mass is 32.2. The van der Waals surface area contributed by atoms with Crippen LogP contribution < -0.4 is 10.1 Å². The first-order chi connectivity index (χ1) is 15.1. The number of hydrogen-bond acceptors (Lipinski definition) is 7. The van der Waals surface area contributed by atoms with Gasteiger partial charge in [0.1, 0.15) is 5.75 Å². The van der Waals surface area contributed by atoms with E-state index in [0.717, 1.165) is 17.0 Å². The number of ether oxygens (including phenoxy) is 2. The summed E-state index contributed by atoms with van der Waals surface area (Å²) < 4.78 is 12.0. The molecule has 2 aromatic carbocycles. The molecule has 9 heteroatoms. The van der Waals surface area contributed by atoms with E-state index < -0.39 is 0 Å². The van der Waals surface area contributed by atoms with Crippen LogP contribution in [0.25, 0.3) is 5.69 Å². The van der Waals surface area contributed by atoms with E-state index in [9.17, 15) is 9.59 Å². The Morgan fingerprint density at radius 3 is 2.48 bits per heavy atom. The molecular formula is C22H24N4O4S. The Kier molecular flexibility index (Phi) is 8.05. The minimum atomic E-state index is -0.325. The van der Waals surface area contributed by atoms with E-state index in [2.05, 4.69) is 15.5 Å². The maximum absolute atomic E-state index is 12.4. The number of nitrogens with one attached hydrogen (secondary N) is 1. The van der Waals surface area contributed by atoms with Gasteiger partial charge in [-0.05, 0) is 36.8 Å². The van der Waals surface area contributed by atoms with Gasteiger partial charge in [0, 0.05) is 5.69 Å². The number of aromatic nitrogens is 3. The molecule has 8 nitrogen and oxygen atoms in total. The molecule has 0 atom stereocenters. The molecule has 0 fully saturated rings. The minimum absolute atomic E-state index is 0.114. The van der Waals surface area contributed by atoms with Crippen molar-refractivity contribution in [2.45, 2.75) is 25.0 Å². The Morgan fingerprint density at radius 2 is 1.81 bits per heavy atom. The summed E-state index contributed by atoms with van der Waals surface area (Å²) in [7, 11) is 1.60. The van der Waals surface area contributed by atoms with E-state index in [1.807, 2.05) is 59.2 Å². The molecule has 0 aliphatic carbocycles. The van der Waals surface area contributed by atoms with Gasteiger partial charge in [0.25, 0.3) is 0 Å². The molecule has 1 amide bonds. The van der Waals surface area contributed by atoms with Crippen LogP contribution in [0.2, 0.25) is 0 Å². The van der Waals surface area contributed by atoms with E-state index >= 15 is 0 Å². The lowest BCUT2D eigenvalue weighted by Crippen LogP contribution is -2.26. The third-order valence-corrected chi connectivity index (χ3v) is 5.21. The topological polar surface area (TPSA) is 95.3 Å². The monoisotopic (exact) mass is 440 g/mol. The van der Waals surface area contributed by atoms with Crippen molar-refractivity contribution < 1.29 is 19.1 Å².